The van der Waals surface area contributed by atoms with Crippen LogP contribution in [0.3, 0.4) is 0 Å². The van der Waals surface area contributed by atoms with Crippen LogP contribution in [0, 0.1) is 0 Å². The van der Waals surface area contributed by atoms with Gasteiger partial charge >= 0.3 is 5.97 Å². The Kier molecular flexibility index (Phi) is 3.73. The van der Waals surface area contributed by atoms with Gasteiger partial charge in [-0.2, -0.15) is 0 Å². The van der Waals surface area contributed by atoms with Crippen molar-refractivity contribution in [3.05, 3.63) is 44.8 Å². The Morgan fingerprint density at radius 2 is 1.95 bits per heavy atom. The highest BCUT2D eigenvalue weighted by molar-refractivity contribution is 9.10. The maximum Gasteiger partial charge on any atom is 0.340 e. The minimum absolute atomic E-state index is 0.176. The first-order chi connectivity index (χ1) is 8.99. The predicted octanol–water partition coefficient (Wildman–Crippen LogP) is 1.51. The summed E-state index contributed by atoms with van der Waals surface area (Å²) in [4.78, 5) is 23.7. The summed E-state index contributed by atoms with van der Waals surface area (Å²) in [5.41, 5.74) is -0.104. The van der Waals surface area contributed by atoms with E-state index >= 15 is 0 Å². The average Bonchev–Trinajstić information content (AvgIpc) is 2.44. The number of ether oxygens (including phenoxy) is 1. The number of aromatic nitrogens is 1. The van der Waals surface area contributed by atoms with Gasteiger partial charge in [0.2, 0.25) is 0 Å². The van der Waals surface area contributed by atoms with Gasteiger partial charge in [0.05, 0.1) is 12.8 Å². The van der Waals surface area contributed by atoms with E-state index in [9.17, 15) is 14.7 Å². The quantitative estimate of drug-likeness (QED) is 0.850. The Labute approximate surface area is 117 Å². The number of carbonyl (C=O) groups excluding carboxylic acids is 1. The predicted molar refractivity (Wildman–Crippen MR) is 73.9 cm³/mol. The zero-order chi connectivity index (χ0) is 14.2. The number of methoxy groups -OCH3 is 1. The van der Waals surface area contributed by atoms with Crippen molar-refractivity contribution in [3.8, 4) is 0 Å². The number of carbonyl (C=O) groups is 1. The van der Waals surface area contributed by atoms with Crippen LogP contribution in [0.15, 0.2) is 33.5 Å². The molecule has 1 aromatic heterocycles. The smallest absolute Gasteiger partial charge is 0.340 e. The molecule has 0 aliphatic carbocycles. The molecule has 1 heterocycles. The number of esters is 1. The number of pyridine rings is 1. The Morgan fingerprint density at radius 3 is 2.53 bits per heavy atom. The Hall–Kier alpha value is -1.66. The fourth-order valence-electron chi connectivity index (χ4n) is 1.96. The van der Waals surface area contributed by atoms with E-state index in [0.29, 0.717) is 15.2 Å². The number of fused-ring (bicyclic) bond motifs is 1. The van der Waals surface area contributed by atoms with E-state index < -0.39 is 12.1 Å². The Bertz CT molecular complexity index is 708. The van der Waals surface area contributed by atoms with Crippen LogP contribution in [-0.4, -0.2) is 22.8 Å². The third-order valence-electron chi connectivity index (χ3n) is 2.97. The molecule has 0 radical (unpaired) electrons. The molecule has 0 saturated carbocycles. The monoisotopic (exact) mass is 325 g/mol. The molecule has 1 atom stereocenters. The Balaban J connectivity index is 2.82. The molecular formula is C13H12BrNO4. The van der Waals surface area contributed by atoms with Crippen molar-refractivity contribution in [2.24, 2.45) is 7.05 Å². The summed E-state index contributed by atoms with van der Waals surface area (Å²) in [6, 6.07) is 6.97. The van der Waals surface area contributed by atoms with Gasteiger partial charge in [0.15, 0.2) is 6.10 Å². The first-order valence-corrected chi connectivity index (χ1v) is 6.31. The first-order valence-electron chi connectivity index (χ1n) is 5.52. The molecule has 0 fully saturated rings. The van der Waals surface area contributed by atoms with Crippen molar-refractivity contribution < 1.29 is 14.6 Å². The zero-order valence-corrected chi connectivity index (χ0v) is 12.0. The van der Waals surface area contributed by atoms with E-state index in [-0.39, 0.29) is 11.3 Å². The van der Waals surface area contributed by atoms with Crippen LogP contribution in [-0.2, 0) is 16.6 Å². The average molecular weight is 326 g/mol. The number of halogens is 1. The highest BCUT2D eigenvalue weighted by atomic mass is 79.9. The van der Waals surface area contributed by atoms with Crippen LogP contribution < -0.4 is 5.56 Å². The van der Waals surface area contributed by atoms with Crippen LogP contribution in [0.2, 0.25) is 0 Å². The standard InChI is InChI=1S/C13H12BrNO4/c1-15-10(11(16)13(18)19-2)9(14)7-5-3-4-6-8(7)12(15)17/h3-6,11,16H,1-2H3. The molecule has 2 rings (SSSR count). The zero-order valence-electron chi connectivity index (χ0n) is 10.4. The maximum absolute atomic E-state index is 12.2. The van der Waals surface area contributed by atoms with Crippen molar-refractivity contribution in [3.63, 3.8) is 0 Å². The fourth-order valence-corrected chi connectivity index (χ4v) is 2.79. The molecule has 1 unspecified atom stereocenters. The van der Waals surface area contributed by atoms with Crippen LogP contribution in [0.4, 0.5) is 0 Å². The van der Waals surface area contributed by atoms with Crippen LogP contribution in [0.5, 0.6) is 0 Å². The molecule has 100 valence electrons. The van der Waals surface area contributed by atoms with Gasteiger partial charge in [-0.25, -0.2) is 4.79 Å². The van der Waals surface area contributed by atoms with Gasteiger partial charge in [-0.1, -0.05) is 18.2 Å². The fraction of sp³-hybridized carbons (Fsp3) is 0.231. The number of aliphatic hydroxyl groups excluding tert-OH is 1. The molecule has 5 nitrogen and oxygen atoms in total. The summed E-state index contributed by atoms with van der Waals surface area (Å²) in [5.74, 6) is -0.814. The van der Waals surface area contributed by atoms with E-state index in [1.54, 1.807) is 24.3 Å². The lowest BCUT2D eigenvalue weighted by atomic mass is 10.1. The molecule has 19 heavy (non-hydrogen) atoms. The third-order valence-corrected chi connectivity index (χ3v) is 3.80. The van der Waals surface area contributed by atoms with Gasteiger partial charge < -0.3 is 14.4 Å². The van der Waals surface area contributed by atoms with E-state index in [2.05, 4.69) is 20.7 Å². The van der Waals surface area contributed by atoms with E-state index in [4.69, 9.17) is 0 Å². The highest BCUT2D eigenvalue weighted by Gasteiger charge is 2.25. The molecule has 0 aliphatic rings. The highest BCUT2D eigenvalue weighted by Crippen LogP contribution is 2.29. The molecule has 0 bridgehead atoms. The molecule has 0 spiro atoms. The second kappa shape index (κ2) is 5.14. The van der Waals surface area contributed by atoms with Gasteiger partial charge in [0, 0.05) is 22.3 Å². The van der Waals surface area contributed by atoms with Crippen molar-refractivity contribution in [1.82, 2.24) is 4.57 Å². The second-order valence-electron chi connectivity index (χ2n) is 4.03. The summed E-state index contributed by atoms with van der Waals surface area (Å²) >= 11 is 3.34. The topological polar surface area (TPSA) is 68.5 Å². The molecular weight excluding hydrogens is 314 g/mol. The number of rotatable bonds is 2. The second-order valence-corrected chi connectivity index (χ2v) is 4.83. The largest absolute Gasteiger partial charge is 0.467 e. The summed E-state index contributed by atoms with van der Waals surface area (Å²) in [5, 5.41) is 11.1. The van der Waals surface area contributed by atoms with Gasteiger partial charge in [0.1, 0.15) is 0 Å². The number of aliphatic hydroxyl groups is 1. The molecule has 0 amide bonds. The number of hydrogen-bond acceptors (Lipinski definition) is 4. The molecule has 2 aromatic rings. The van der Waals surface area contributed by atoms with Crippen LogP contribution in [0.1, 0.15) is 11.8 Å². The lowest BCUT2D eigenvalue weighted by Gasteiger charge is -2.16. The van der Waals surface area contributed by atoms with Gasteiger partial charge in [-0.3, -0.25) is 4.79 Å². The molecule has 1 N–H and O–H groups in total. The van der Waals surface area contributed by atoms with E-state index in [1.165, 1.54) is 18.7 Å². The van der Waals surface area contributed by atoms with Gasteiger partial charge in [0.25, 0.3) is 5.56 Å². The van der Waals surface area contributed by atoms with Crippen molar-refractivity contribution in [2.45, 2.75) is 6.10 Å². The van der Waals surface area contributed by atoms with Crippen molar-refractivity contribution in [2.75, 3.05) is 7.11 Å². The summed E-state index contributed by atoms with van der Waals surface area (Å²) in [7, 11) is 2.68. The normalized spacial score (nSPS) is 12.4. The molecule has 1 aromatic carbocycles. The van der Waals surface area contributed by atoms with Crippen molar-refractivity contribution >= 4 is 32.7 Å². The summed E-state index contributed by atoms with van der Waals surface area (Å²) < 4.78 is 6.25. The summed E-state index contributed by atoms with van der Waals surface area (Å²) in [6.45, 7) is 0. The minimum Gasteiger partial charge on any atom is -0.467 e. The van der Waals surface area contributed by atoms with Crippen LogP contribution >= 0.6 is 15.9 Å². The van der Waals surface area contributed by atoms with Crippen LogP contribution in [0.25, 0.3) is 10.8 Å². The number of benzene rings is 1. The summed E-state index contributed by atoms with van der Waals surface area (Å²) in [6.07, 6.45) is -1.51. The number of nitrogens with zero attached hydrogens (tertiary/aromatic N) is 1. The van der Waals surface area contributed by atoms with Gasteiger partial charge in [-0.15, -0.1) is 0 Å². The maximum atomic E-state index is 12.2. The van der Waals surface area contributed by atoms with Gasteiger partial charge in [-0.05, 0) is 22.0 Å². The molecule has 0 saturated heterocycles. The van der Waals surface area contributed by atoms with E-state index in [0.717, 1.165) is 0 Å². The first kappa shape index (κ1) is 13.8. The molecule has 6 heteroatoms. The number of hydrogen-bond donors (Lipinski definition) is 1. The lowest BCUT2D eigenvalue weighted by molar-refractivity contribution is -0.151. The minimum atomic E-state index is -1.51. The van der Waals surface area contributed by atoms with E-state index in [1.807, 2.05) is 0 Å². The Morgan fingerprint density at radius 1 is 1.37 bits per heavy atom. The lowest BCUT2D eigenvalue weighted by Crippen LogP contribution is -2.26. The SMILES string of the molecule is COC(=O)C(O)c1c(Br)c2ccccc2c(=O)n1C. The third kappa shape index (κ3) is 2.17. The van der Waals surface area contributed by atoms with Crippen molar-refractivity contribution in [1.29, 1.82) is 0 Å². The molecule has 0 aliphatic heterocycles.